The summed E-state index contributed by atoms with van der Waals surface area (Å²) in [5, 5.41) is 0. The number of fused-ring (bicyclic) bond motifs is 5. The number of allylic oxidation sites excluding steroid dienone is 2. The van der Waals surface area contributed by atoms with E-state index in [0.29, 0.717) is 10.8 Å². The van der Waals surface area contributed by atoms with Crippen molar-refractivity contribution in [1.82, 2.24) is 0 Å². The van der Waals surface area contributed by atoms with E-state index in [1.807, 2.05) is 5.57 Å². The van der Waals surface area contributed by atoms with E-state index in [0.717, 1.165) is 41.4 Å². The molecule has 0 spiro atoms. The van der Waals surface area contributed by atoms with E-state index in [-0.39, 0.29) is 0 Å². The van der Waals surface area contributed by atoms with Gasteiger partial charge in [0.15, 0.2) is 0 Å². The summed E-state index contributed by atoms with van der Waals surface area (Å²) in [4.78, 5) is 0. The highest BCUT2D eigenvalue weighted by Gasteiger charge is 2.58. The van der Waals surface area contributed by atoms with E-state index in [1.165, 1.54) is 70.6 Å². The summed E-state index contributed by atoms with van der Waals surface area (Å²) in [6.07, 6.45) is 19.0. The highest BCUT2D eigenvalue weighted by Crippen LogP contribution is 2.67. The van der Waals surface area contributed by atoms with E-state index >= 15 is 0 Å². The van der Waals surface area contributed by atoms with Gasteiger partial charge in [0.2, 0.25) is 0 Å². The van der Waals surface area contributed by atoms with Gasteiger partial charge in [-0.15, -0.1) is 0 Å². The van der Waals surface area contributed by atoms with Gasteiger partial charge in [0, 0.05) is 0 Å². The van der Waals surface area contributed by atoms with Crippen LogP contribution in [0, 0.1) is 52.3 Å². The molecule has 0 bridgehead atoms. The van der Waals surface area contributed by atoms with Crippen molar-refractivity contribution in [2.45, 2.75) is 112 Å². The largest absolute Gasteiger partial charge is 0.0845 e. The van der Waals surface area contributed by atoms with Gasteiger partial charge in [0.05, 0.1) is 0 Å². The smallest absolute Gasteiger partial charge is 0.00853 e. The Kier molecular flexibility index (Phi) is 5.83. The molecule has 0 saturated heterocycles. The predicted octanol–water partition coefficient (Wildman–Crippen LogP) is 8.66. The van der Waals surface area contributed by atoms with Crippen LogP contribution in [0.25, 0.3) is 0 Å². The summed E-state index contributed by atoms with van der Waals surface area (Å²) >= 11 is 0. The molecule has 4 rings (SSSR count). The minimum Gasteiger partial charge on any atom is -0.0845 e. The van der Waals surface area contributed by atoms with Crippen molar-refractivity contribution < 1.29 is 0 Å². The third-order valence-corrected chi connectivity index (χ3v) is 11.0. The molecule has 4 aliphatic rings. The van der Waals surface area contributed by atoms with Gasteiger partial charge in [-0.25, -0.2) is 0 Å². The molecule has 0 radical (unpaired) electrons. The Labute approximate surface area is 176 Å². The lowest BCUT2D eigenvalue weighted by atomic mass is 9.47. The van der Waals surface area contributed by atoms with Crippen LogP contribution in [0.4, 0.5) is 0 Å². The van der Waals surface area contributed by atoms with Crippen molar-refractivity contribution in [2.24, 2.45) is 52.3 Å². The highest BCUT2D eigenvalue weighted by molar-refractivity contribution is 5.24. The van der Waals surface area contributed by atoms with E-state index in [4.69, 9.17) is 0 Å². The molecule has 0 heteroatoms. The lowest BCUT2D eigenvalue weighted by molar-refractivity contribution is -0.0502. The minimum absolute atomic E-state index is 0.568. The van der Waals surface area contributed by atoms with E-state index in [2.05, 4.69) is 47.6 Å². The Morgan fingerprint density at radius 3 is 2.46 bits per heavy atom. The predicted molar refractivity (Wildman–Crippen MR) is 122 cm³/mol. The quantitative estimate of drug-likeness (QED) is 0.416. The van der Waals surface area contributed by atoms with Crippen LogP contribution in [0.5, 0.6) is 0 Å². The summed E-state index contributed by atoms with van der Waals surface area (Å²) in [5.74, 6) is 6.65. The Morgan fingerprint density at radius 1 is 0.929 bits per heavy atom. The molecule has 0 aliphatic heterocycles. The third kappa shape index (κ3) is 3.33. The number of hydrogen-bond acceptors (Lipinski definition) is 0. The van der Waals surface area contributed by atoms with Crippen LogP contribution in [0.15, 0.2) is 11.6 Å². The molecule has 0 N–H and O–H groups in total. The SMILES string of the molecule is CC(C)[C@H](C)CC[C@@H](C)[C@H]1CC[C@H]2[C@@H]3CC=C4CCCC[C@]4(C)[C@H]3CC[C@]12C. The van der Waals surface area contributed by atoms with Gasteiger partial charge in [-0.3, -0.25) is 0 Å². The van der Waals surface area contributed by atoms with Crippen molar-refractivity contribution in [2.75, 3.05) is 0 Å². The second kappa shape index (κ2) is 7.77. The fraction of sp³-hybridized carbons (Fsp3) is 0.929. The molecule has 0 aromatic heterocycles. The average Bonchev–Trinajstić information content (AvgIpc) is 3.02. The zero-order chi connectivity index (χ0) is 20.1. The molecule has 0 unspecified atom stereocenters. The molecule has 0 amide bonds. The maximum absolute atomic E-state index is 2.74. The molecular formula is C28H48. The maximum Gasteiger partial charge on any atom is -0.00853 e. The van der Waals surface area contributed by atoms with Gasteiger partial charge in [-0.2, -0.15) is 0 Å². The van der Waals surface area contributed by atoms with E-state index < -0.39 is 0 Å². The summed E-state index contributed by atoms with van der Waals surface area (Å²) < 4.78 is 0. The van der Waals surface area contributed by atoms with Crippen molar-refractivity contribution >= 4 is 0 Å². The Morgan fingerprint density at radius 2 is 1.71 bits per heavy atom. The second-order valence-corrected chi connectivity index (χ2v) is 12.5. The monoisotopic (exact) mass is 384 g/mol. The zero-order valence-electron chi connectivity index (χ0n) is 19.9. The van der Waals surface area contributed by atoms with Crippen LogP contribution in [-0.4, -0.2) is 0 Å². The van der Waals surface area contributed by atoms with E-state index in [9.17, 15) is 0 Å². The molecule has 0 nitrogen and oxygen atoms in total. The van der Waals surface area contributed by atoms with Gasteiger partial charge >= 0.3 is 0 Å². The maximum atomic E-state index is 2.74. The fourth-order valence-electron chi connectivity index (χ4n) is 8.73. The van der Waals surface area contributed by atoms with Gasteiger partial charge in [0.1, 0.15) is 0 Å². The topological polar surface area (TPSA) is 0 Å². The first-order chi connectivity index (χ1) is 13.3. The first kappa shape index (κ1) is 21.0. The second-order valence-electron chi connectivity index (χ2n) is 12.5. The lowest BCUT2D eigenvalue weighted by Crippen LogP contribution is -2.50. The van der Waals surface area contributed by atoms with Crippen molar-refractivity contribution in [3.8, 4) is 0 Å². The molecule has 0 heterocycles. The molecule has 0 aromatic rings. The number of hydrogen-bond donors (Lipinski definition) is 0. The van der Waals surface area contributed by atoms with E-state index in [1.54, 1.807) is 0 Å². The van der Waals surface area contributed by atoms with Crippen LogP contribution in [0.1, 0.15) is 112 Å². The normalized spacial score (nSPS) is 45.0. The van der Waals surface area contributed by atoms with Crippen LogP contribution in [-0.2, 0) is 0 Å². The lowest BCUT2D eigenvalue weighted by Gasteiger charge is -2.58. The van der Waals surface area contributed by atoms with Gasteiger partial charge in [-0.05, 0) is 104 Å². The minimum atomic E-state index is 0.568. The van der Waals surface area contributed by atoms with Crippen molar-refractivity contribution in [3.05, 3.63) is 11.6 Å². The molecule has 160 valence electrons. The zero-order valence-corrected chi connectivity index (χ0v) is 19.9. The van der Waals surface area contributed by atoms with Crippen molar-refractivity contribution in [3.63, 3.8) is 0 Å². The van der Waals surface area contributed by atoms with Gasteiger partial charge in [0.25, 0.3) is 0 Å². The van der Waals surface area contributed by atoms with Gasteiger partial charge < -0.3 is 0 Å². The highest BCUT2D eigenvalue weighted by atomic mass is 14.6. The van der Waals surface area contributed by atoms with Crippen molar-refractivity contribution in [1.29, 1.82) is 0 Å². The molecule has 3 fully saturated rings. The molecule has 0 aromatic carbocycles. The van der Waals surface area contributed by atoms with Crippen LogP contribution >= 0.6 is 0 Å². The standard InChI is InChI=1S/C28H48/c1-19(2)20(3)10-11-21(4)24-14-15-25-23-13-12-22-9-7-8-17-27(22,5)26(23)16-18-28(24,25)6/h12,19-21,23-26H,7-11,13-18H2,1-6H3/t20-,21-,23+,24-,25+,26+,27+,28-/m1/s1. The average molecular weight is 385 g/mol. The van der Waals surface area contributed by atoms with Gasteiger partial charge in [-0.1, -0.05) is 72.5 Å². The summed E-state index contributed by atoms with van der Waals surface area (Å²) in [6.45, 7) is 15.3. The van der Waals surface area contributed by atoms with Crippen LogP contribution in [0.2, 0.25) is 0 Å². The molecule has 28 heavy (non-hydrogen) atoms. The summed E-state index contributed by atoms with van der Waals surface area (Å²) in [5.41, 5.74) is 3.07. The molecule has 3 saturated carbocycles. The summed E-state index contributed by atoms with van der Waals surface area (Å²) in [6, 6.07) is 0. The number of rotatable bonds is 5. The Balaban J connectivity index is 1.48. The molecule has 4 aliphatic carbocycles. The Bertz CT molecular complexity index is 585. The molecular weight excluding hydrogens is 336 g/mol. The molecule has 8 atom stereocenters. The first-order valence-corrected chi connectivity index (χ1v) is 13.0. The van der Waals surface area contributed by atoms with Crippen LogP contribution < -0.4 is 0 Å². The van der Waals surface area contributed by atoms with Crippen LogP contribution in [0.3, 0.4) is 0 Å². The Hall–Kier alpha value is -0.260. The third-order valence-electron chi connectivity index (χ3n) is 11.0. The summed E-state index contributed by atoms with van der Waals surface area (Å²) in [7, 11) is 0. The first-order valence-electron chi connectivity index (χ1n) is 13.0. The fourth-order valence-corrected chi connectivity index (χ4v) is 8.73.